The van der Waals surface area contributed by atoms with Crippen molar-refractivity contribution < 1.29 is 29.3 Å². The molecule has 0 unspecified atom stereocenters. The molecule has 11 heteroatoms. The summed E-state index contributed by atoms with van der Waals surface area (Å²) < 4.78 is 7.86. The number of hydrogen-bond donors (Lipinski definition) is 2. The summed E-state index contributed by atoms with van der Waals surface area (Å²) in [4.78, 5) is 48.5. The van der Waals surface area contributed by atoms with E-state index in [1.807, 2.05) is 97.2 Å². The van der Waals surface area contributed by atoms with Crippen molar-refractivity contribution in [2.24, 2.45) is 0 Å². The molecular formula is C35H35N5O6. The van der Waals surface area contributed by atoms with Gasteiger partial charge in [-0.1, -0.05) is 91.0 Å². The fraction of sp³-hybridized carbons (Fsp3) is 0.229. The van der Waals surface area contributed by atoms with Gasteiger partial charge < -0.3 is 19.8 Å². The van der Waals surface area contributed by atoms with Crippen LogP contribution in [0.5, 0.6) is 5.88 Å². The largest absolute Gasteiger partial charge is 0.480 e. The van der Waals surface area contributed by atoms with Gasteiger partial charge in [-0.05, 0) is 17.5 Å². The number of aromatic nitrogens is 3. The van der Waals surface area contributed by atoms with E-state index in [0.29, 0.717) is 36.3 Å². The summed E-state index contributed by atoms with van der Waals surface area (Å²) >= 11 is 0. The van der Waals surface area contributed by atoms with Crippen molar-refractivity contribution >= 4 is 23.7 Å². The molecule has 0 saturated carbocycles. The highest BCUT2D eigenvalue weighted by Gasteiger charge is 2.23. The van der Waals surface area contributed by atoms with Crippen LogP contribution in [-0.2, 0) is 22.4 Å². The topological polar surface area (TPSA) is 138 Å². The lowest BCUT2D eigenvalue weighted by molar-refractivity contribution is -0.141. The molecule has 3 aromatic carbocycles. The second-order valence-corrected chi connectivity index (χ2v) is 11.0. The minimum atomic E-state index is -1.12. The van der Waals surface area contributed by atoms with Crippen LogP contribution in [0.3, 0.4) is 0 Å². The van der Waals surface area contributed by atoms with Crippen LogP contribution in [0.2, 0.25) is 0 Å². The van der Waals surface area contributed by atoms with Crippen molar-refractivity contribution in [2.75, 3.05) is 33.2 Å². The zero-order valence-corrected chi connectivity index (χ0v) is 25.5. The maximum atomic E-state index is 13.5. The zero-order chi connectivity index (χ0) is 32.5. The highest BCUT2D eigenvalue weighted by molar-refractivity contribution is 5.73. The lowest BCUT2D eigenvalue weighted by Crippen LogP contribution is -2.37. The Morgan fingerprint density at radius 3 is 1.85 bits per heavy atom. The molecule has 5 aromatic rings. The molecule has 0 bridgehead atoms. The summed E-state index contributed by atoms with van der Waals surface area (Å²) in [6, 6.07) is 29.5. The fourth-order valence-electron chi connectivity index (χ4n) is 5.18. The second kappa shape index (κ2) is 15.0. The first kappa shape index (κ1) is 31.9. The van der Waals surface area contributed by atoms with E-state index in [1.165, 1.54) is 9.80 Å². The van der Waals surface area contributed by atoms with E-state index < -0.39 is 31.1 Å². The van der Waals surface area contributed by atoms with Gasteiger partial charge in [0.05, 0.1) is 24.5 Å². The van der Waals surface area contributed by atoms with E-state index in [9.17, 15) is 14.4 Å². The number of nitrogens with zero attached hydrogens (tertiary/aromatic N) is 5. The van der Waals surface area contributed by atoms with Crippen LogP contribution >= 0.6 is 0 Å². The number of hydrogen-bond acceptors (Lipinski definition) is 7. The normalized spacial score (nSPS) is 11.1. The smallest absolute Gasteiger partial charge is 0.416 e. The van der Waals surface area contributed by atoms with Gasteiger partial charge in [0, 0.05) is 44.7 Å². The van der Waals surface area contributed by atoms with Gasteiger partial charge in [-0.25, -0.2) is 14.8 Å². The number of rotatable bonds is 14. The standard InChI is InChI=1S/C35H35N5O6/c1-38(18-11-19-39(23-31(41)42)24-32(43)44)35(45)46-34-29(21-26-14-7-3-8-15-26)37-33-28(20-25-12-5-2-6-13-25)36-30(22-40(33)34)27-16-9-4-10-17-27/h2-10,12-17,22H,11,18-21,23-24H2,1H3,(H,41,42)(H,43,44). The van der Waals surface area contributed by atoms with Crippen molar-refractivity contribution in [2.45, 2.75) is 19.3 Å². The monoisotopic (exact) mass is 621 g/mol. The number of carbonyl (C=O) groups is 3. The first-order chi connectivity index (χ1) is 22.3. The maximum absolute atomic E-state index is 13.5. The Labute approximate surface area is 266 Å². The Hall–Kier alpha value is -5.55. The third-order valence-electron chi connectivity index (χ3n) is 7.38. The number of aliphatic carboxylic acids is 2. The number of ether oxygens (including phenoxy) is 1. The van der Waals surface area contributed by atoms with Crippen LogP contribution in [0.25, 0.3) is 16.9 Å². The molecule has 2 heterocycles. The number of amides is 1. The van der Waals surface area contributed by atoms with Crippen molar-refractivity contribution in [3.8, 4) is 17.1 Å². The minimum Gasteiger partial charge on any atom is -0.480 e. The van der Waals surface area contributed by atoms with Crippen molar-refractivity contribution in [1.29, 1.82) is 0 Å². The first-order valence-corrected chi connectivity index (χ1v) is 14.9. The summed E-state index contributed by atoms with van der Waals surface area (Å²) in [5.41, 5.74) is 5.54. The number of carboxylic acid groups (broad SMARTS) is 2. The van der Waals surface area contributed by atoms with Gasteiger partial charge in [0.2, 0.25) is 5.88 Å². The van der Waals surface area contributed by atoms with E-state index in [1.54, 1.807) is 11.4 Å². The van der Waals surface area contributed by atoms with Gasteiger partial charge in [-0.2, -0.15) is 0 Å². The quantitative estimate of drug-likeness (QED) is 0.178. The predicted octanol–water partition coefficient (Wildman–Crippen LogP) is 4.87. The fourth-order valence-corrected chi connectivity index (χ4v) is 5.18. The molecule has 46 heavy (non-hydrogen) atoms. The van der Waals surface area contributed by atoms with Crippen LogP contribution in [-0.4, -0.2) is 85.6 Å². The maximum Gasteiger partial charge on any atom is 0.416 e. The van der Waals surface area contributed by atoms with E-state index in [2.05, 4.69) is 0 Å². The second-order valence-electron chi connectivity index (χ2n) is 11.0. The Bertz CT molecular complexity index is 1780. The zero-order valence-electron chi connectivity index (χ0n) is 25.5. The average Bonchev–Trinajstić information content (AvgIpc) is 3.38. The van der Waals surface area contributed by atoms with E-state index in [0.717, 1.165) is 22.4 Å². The lowest BCUT2D eigenvalue weighted by atomic mass is 10.1. The summed E-state index contributed by atoms with van der Waals surface area (Å²) in [6.45, 7) is -0.419. The van der Waals surface area contributed by atoms with Crippen LogP contribution in [0, 0.1) is 0 Å². The van der Waals surface area contributed by atoms with Gasteiger partial charge in [-0.3, -0.25) is 18.9 Å². The molecule has 0 aliphatic carbocycles. The van der Waals surface area contributed by atoms with Crippen molar-refractivity contribution in [3.05, 3.63) is 120 Å². The number of carbonyl (C=O) groups excluding carboxylic acids is 1. The molecule has 0 radical (unpaired) electrons. The molecule has 5 rings (SSSR count). The minimum absolute atomic E-state index is 0.181. The molecule has 0 saturated heterocycles. The Kier molecular flexibility index (Phi) is 10.4. The summed E-state index contributed by atoms with van der Waals surface area (Å²) in [7, 11) is 1.58. The molecule has 11 nitrogen and oxygen atoms in total. The number of benzene rings is 3. The van der Waals surface area contributed by atoms with Crippen molar-refractivity contribution in [3.63, 3.8) is 0 Å². The summed E-state index contributed by atoms with van der Waals surface area (Å²) in [5.74, 6) is -1.96. The Balaban J connectivity index is 1.48. The van der Waals surface area contributed by atoms with Gasteiger partial charge in [0.1, 0.15) is 5.69 Å². The molecular weight excluding hydrogens is 586 g/mol. The molecule has 0 spiro atoms. The van der Waals surface area contributed by atoms with E-state index in [4.69, 9.17) is 24.9 Å². The molecule has 0 aliphatic rings. The van der Waals surface area contributed by atoms with Crippen LogP contribution in [0.1, 0.15) is 28.9 Å². The number of fused-ring (bicyclic) bond motifs is 1. The Morgan fingerprint density at radius 2 is 1.28 bits per heavy atom. The third kappa shape index (κ3) is 8.33. The molecule has 0 fully saturated rings. The first-order valence-electron chi connectivity index (χ1n) is 14.9. The molecule has 0 atom stereocenters. The van der Waals surface area contributed by atoms with E-state index >= 15 is 0 Å². The average molecular weight is 622 g/mol. The van der Waals surface area contributed by atoms with Crippen LogP contribution < -0.4 is 4.74 Å². The van der Waals surface area contributed by atoms with Crippen LogP contribution in [0.4, 0.5) is 4.79 Å². The molecule has 2 aromatic heterocycles. The number of carboxylic acids is 2. The Morgan fingerprint density at radius 1 is 0.739 bits per heavy atom. The number of imidazole rings is 1. The van der Waals surface area contributed by atoms with E-state index in [-0.39, 0.29) is 19.0 Å². The van der Waals surface area contributed by atoms with Gasteiger partial charge in [0.15, 0.2) is 5.65 Å². The van der Waals surface area contributed by atoms with Crippen LogP contribution in [0.15, 0.2) is 97.2 Å². The van der Waals surface area contributed by atoms with Gasteiger partial charge in [-0.15, -0.1) is 0 Å². The SMILES string of the molecule is CN(CCCN(CC(=O)O)CC(=O)O)C(=O)Oc1c(Cc2ccccc2)nc2c(Cc3ccccc3)nc(-c3ccccc3)cn12. The molecule has 2 N–H and O–H groups in total. The predicted molar refractivity (Wildman–Crippen MR) is 172 cm³/mol. The molecule has 0 aliphatic heterocycles. The molecule has 236 valence electrons. The third-order valence-corrected chi connectivity index (χ3v) is 7.38. The lowest BCUT2D eigenvalue weighted by Gasteiger charge is -2.21. The summed E-state index contributed by atoms with van der Waals surface area (Å²) in [5, 5.41) is 18.2. The van der Waals surface area contributed by atoms with Gasteiger partial charge >= 0.3 is 18.0 Å². The van der Waals surface area contributed by atoms with Gasteiger partial charge in [0.25, 0.3) is 0 Å². The molecule has 1 amide bonds. The summed E-state index contributed by atoms with van der Waals surface area (Å²) in [6.07, 6.45) is 2.49. The van der Waals surface area contributed by atoms with Crippen molar-refractivity contribution in [1.82, 2.24) is 24.2 Å². The highest BCUT2D eigenvalue weighted by Crippen LogP contribution is 2.29. The highest BCUT2D eigenvalue weighted by atomic mass is 16.6.